The average Bonchev–Trinajstić information content (AvgIpc) is 3.62. The van der Waals surface area contributed by atoms with E-state index >= 15 is 0 Å². The number of aliphatic hydroxyl groups excluding tert-OH is 2. The standard InChI is InChI=1S/2C17H20N4S.2C5H12O.2H2O/c2*1-12-11-13-16(21-9-7-20(2)8-10-21)18-14-5-3-4-6-15(14)19-17(13)22-12;2*1-5(2)3-4-6;;/h2*3-6,11,19H,7-10H2,1-2H3;2*5-6H,3-4H2,1-2H3;2*1H2. The Bertz CT molecular complexity index is 1760. The van der Waals surface area contributed by atoms with Crippen molar-refractivity contribution in [2.75, 3.05) is 90.3 Å². The monoisotopic (exact) mass is 836 g/mol. The highest BCUT2D eigenvalue weighted by Crippen LogP contribution is 2.40. The second kappa shape index (κ2) is 23.7. The minimum atomic E-state index is 0. The first-order valence-electron chi connectivity index (χ1n) is 20.2. The Kier molecular flexibility index (Phi) is 19.8. The van der Waals surface area contributed by atoms with E-state index in [-0.39, 0.29) is 11.0 Å². The molecular formula is C44H68N8O4S2. The van der Waals surface area contributed by atoms with E-state index in [1.165, 1.54) is 30.9 Å². The van der Waals surface area contributed by atoms with Gasteiger partial charge in [0.25, 0.3) is 0 Å². The van der Waals surface area contributed by atoms with Crippen LogP contribution in [0.1, 0.15) is 61.4 Å². The van der Waals surface area contributed by atoms with Crippen LogP contribution in [0.3, 0.4) is 0 Å². The first kappa shape index (κ1) is 48.5. The van der Waals surface area contributed by atoms with Crippen LogP contribution in [0.15, 0.2) is 70.6 Å². The molecule has 14 heteroatoms. The normalized spacial score (nSPS) is 15.8. The smallest absolute Gasteiger partial charge is 0.139 e. The molecule has 8 N–H and O–H groups in total. The van der Waals surface area contributed by atoms with Gasteiger partial charge in [-0.2, -0.15) is 0 Å². The van der Waals surface area contributed by atoms with Gasteiger partial charge in [0.05, 0.1) is 33.9 Å². The SMILES string of the molecule is CC(C)CCO.CC(C)CCO.Cc1cc2c(s1)Nc1ccccc1N=C2N1CCN(C)CC1.Cc1cc2c(s1)Nc1ccccc1N=C2N1CCN(C)CC1.O.O. The summed E-state index contributed by atoms with van der Waals surface area (Å²) in [5.41, 5.74) is 6.71. The number of rotatable bonds is 4. The zero-order valence-corrected chi connectivity index (χ0v) is 37.4. The number of hydrogen-bond acceptors (Lipinski definition) is 12. The quantitative estimate of drug-likeness (QED) is 0.167. The Hall–Kier alpha value is -3.86. The van der Waals surface area contributed by atoms with E-state index in [0.717, 1.165) is 99.6 Å². The minimum Gasteiger partial charge on any atom is -0.412 e. The summed E-state index contributed by atoms with van der Waals surface area (Å²) in [6.07, 6.45) is 1.86. The van der Waals surface area contributed by atoms with E-state index in [2.05, 4.69) is 147 Å². The van der Waals surface area contributed by atoms with Crippen molar-refractivity contribution in [3.8, 4) is 0 Å². The summed E-state index contributed by atoms with van der Waals surface area (Å²) in [5, 5.41) is 26.0. The van der Waals surface area contributed by atoms with Gasteiger partial charge in [0, 0.05) is 75.3 Å². The van der Waals surface area contributed by atoms with E-state index in [1.807, 2.05) is 0 Å². The molecule has 0 bridgehead atoms. The zero-order chi connectivity index (χ0) is 40.2. The van der Waals surface area contributed by atoms with Crippen LogP contribution in [-0.2, 0) is 0 Å². The van der Waals surface area contributed by atoms with Crippen LogP contribution in [0, 0.1) is 25.7 Å². The summed E-state index contributed by atoms with van der Waals surface area (Å²) >= 11 is 3.61. The van der Waals surface area contributed by atoms with Crippen LogP contribution in [0.5, 0.6) is 0 Å². The number of piperazine rings is 2. The second-order valence-electron chi connectivity index (χ2n) is 15.7. The molecule has 0 aliphatic carbocycles. The van der Waals surface area contributed by atoms with Gasteiger partial charge in [-0.3, -0.25) is 0 Å². The van der Waals surface area contributed by atoms with Gasteiger partial charge in [0.2, 0.25) is 0 Å². The summed E-state index contributed by atoms with van der Waals surface area (Å²) in [7, 11) is 4.37. The number of aryl methyl sites for hydroxylation is 2. The third-order valence-corrected chi connectivity index (χ3v) is 11.9. The van der Waals surface area contributed by atoms with Crippen molar-refractivity contribution >= 4 is 67.1 Å². The number of benzene rings is 2. The Labute approximate surface area is 354 Å². The third kappa shape index (κ3) is 13.6. The summed E-state index contributed by atoms with van der Waals surface area (Å²) in [5.74, 6) is 3.53. The summed E-state index contributed by atoms with van der Waals surface area (Å²) < 4.78 is 0. The lowest BCUT2D eigenvalue weighted by molar-refractivity contribution is 0.216. The number of thiophene rings is 2. The first-order valence-corrected chi connectivity index (χ1v) is 21.8. The Morgan fingerprint density at radius 2 is 0.931 bits per heavy atom. The van der Waals surface area contributed by atoms with Crippen LogP contribution < -0.4 is 10.6 Å². The lowest BCUT2D eigenvalue weighted by Gasteiger charge is -2.34. The number of hydrogen-bond donors (Lipinski definition) is 4. The number of likely N-dealkylation sites (N-methyl/N-ethyl adjacent to an activating group) is 2. The summed E-state index contributed by atoms with van der Waals surface area (Å²) in [6.45, 7) is 21.9. The van der Waals surface area contributed by atoms with Crippen LogP contribution in [0.25, 0.3) is 0 Å². The molecule has 58 heavy (non-hydrogen) atoms. The number of aliphatic hydroxyl groups is 2. The number of fused-ring (bicyclic) bond motifs is 4. The molecule has 0 saturated carbocycles. The summed E-state index contributed by atoms with van der Waals surface area (Å²) in [4.78, 5) is 22.3. The van der Waals surface area contributed by atoms with E-state index < -0.39 is 0 Å². The van der Waals surface area contributed by atoms with Gasteiger partial charge < -0.3 is 51.4 Å². The van der Waals surface area contributed by atoms with Crippen molar-refractivity contribution in [2.24, 2.45) is 21.8 Å². The predicted molar refractivity (Wildman–Crippen MR) is 248 cm³/mol. The van der Waals surface area contributed by atoms with E-state index in [4.69, 9.17) is 20.2 Å². The Morgan fingerprint density at radius 3 is 1.24 bits per heavy atom. The van der Waals surface area contributed by atoms with Gasteiger partial charge >= 0.3 is 0 Å². The number of nitrogens with one attached hydrogen (secondary N) is 2. The molecule has 4 aliphatic heterocycles. The van der Waals surface area contributed by atoms with Gasteiger partial charge in [0.1, 0.15) is 21.7 Å². The van der Waals surface area contributed by atoms with Crippen LogP contribution in [0.2, 0.25) is 0 Å². The molecule has 0 radical (unpaired) electrons. The molecular weight excluding hydrogens is 769 g/mol. The Balaban J connectivity index is 0.000000237. The molecule has 320 valence electrons. The molecule has 8 rings (SSSR count). The molecule has 4 aromatic rings. The topological polar surface area (TPSA) is 165 Å². The maximum Gasteiger partial charge on any atom is 0.139 e. The van der Waals surface area contributed by atoms with Crippen molar-refractivity contribution in [2.45, 2.75) is 54.4 Å². The maximum atomic E-state index is 8.24. The second-order valence-corrected chi connectivity index (χ2v) is 18.3. The van der Waals surface area contributed by atoms with Crippen molar-refractivity contribution in [1.82, 2.24) is 19.6 Å². The number of aliphatic imine (C=N–C) groups is 2. The number of nitrogens with zero attached hydrogens (tertiary/aromatic N) is 6. The van der Waals surface area contributed by atoms with Gasteiger partial charge in [-0.1, -0.05) is 52.0 Å². The number of amidine groups is 2. The van der Waals surface area contributed by atoms with Gasteiger partial charge in [-0.15, -0.1) is 22.7 Å². The lowest BCUT2D eigenvalue weighted by atomic mass is 10.2. The van der Waals surface area contributed by atoms with Crippen molar-refractivity contribution < 1.29 is 21.2 Å². The lowest BCUT2D eigenvalue weighted by Crippen LogP contribution is -2.47. The third-order valence-electron chi connectivity index (χ3n) is 9.97. The molecule has 12 nitrogen and oxygen atoms in total. The highest BCUT2D eigenvalue weighted by atomic mass is 32.1. The summed E-state index contributed by atoms with van der Waals surface area (Å²) in [6, 6.07) is 21.1. The largest absolute Gasteiger partial charge is 0.412 e. The fourth-order valence-corrected chi connectivity index (χ4v) is 8.37. The molecule has 4 aliphatic rings. The minimum absolute atomic E-state index is 0. The van der Waals surface area contributed by atoms with Crippen LogP contribution in [-0.4, -0.2) is 132 Å². The van der Waals surface area contributed by atoms with Crippen LogP contribution in [0.4, 0.5) is 32.8 Å². The highest BCUT2D eigenvalue weighted by molar-refractivity contribution is 7.17. The van der Waals surface area contributed by atoms with Crippen molar-refractivity contribution in [3.63, 3.8) is 0 Å². The molecule has 0 atom stereocenters. The van der Waals surface area contributed by atoms with Gasteiger partial charge in [0.15, 0.2) is 0 Å². The number of para-hydroxylation sites is 4. The highest BCUT2D eigenvalue weighted by Gasteiger charge is 2.27. The number of anilines is 4. The fraction of sp³-hybridized carbons (Fsp3) is 0.500. The van der Waals surface area contributed by atoms with Crippen molar-refractivity contribution in [1.29, 1.82) is 0 Å². The molecule has 0 unspecified atom stereocenters. The van der Waals surface area contributed by atoms with E-state index in [9.17, 15) is 0 Å². The fourth-order valence-electron chi connectivity index (χ4n) is 6.53. The van der Waals surface area contributed by atoms with Crippen molar-refractivity contribution in [3.05, 3.63) is 81.5 Å². The molecule has 0 amide bonds. The molecule has 2 saturated heterocycles. The molecule has 2 fully saturated rings. The van der Waals surface area contributed by atoms with E-state index in [1.54, 1.807) is 22.7 Å². The average molecular weight is 837 g/mol. The molecule has 0 spiro atoms. The molecule has 6 heterocycles. The van der Waals surface area contributed by atoms with Gasteiger partial charge in [-0.25, -0.2) is 9.98 Å². The van der Waals surface area contributed by atoms with Crippen LogP contribution >= 0.6 is 22.7 Å². The molecule has 2 aromatic heterocycles. The Morgan fingerprint density at radius 1 is 0.586 bits per heavy atom. The predicted octanol–water partition coefficient (Wildman–Crippen LogP) is 7.28. The van der Waals surface area contributed by atoms with E-state index in [0.29, 0.717) is 25.0 Å². The zero-order valence-electron chi connectivity index (χ0n) is 35.8. The molecule has 2 aromatic carbocycles. The van der Waals surface area contributed by atoms with Gasteiger partial charge in [-0.05, 0) is 89.0 Å². The first-order chi connectivity index (χ1) is 26.9. The maximum absolute atomic E-state index is 8.24.